The quantitative estimate of drug-likeness (QED) is 0.620. The van der Waals surface area contributed by atoms with Crippen molar-refractivity contribution < 1.29 is 14.5 Å². The Hall–Kier alpha value is -2.17. The molecule has 0 aliphatic rings. The Labute approximate surface area is 97.6 Å². The van der Waals surface area contributed by atoms with Gasteiger partial charge in [-0.15, -0.1) is 0 Å². The first kappa shape index (κ1) is 11.3. The Kier molecular flexibility index (Phi) is 2.91. The third-order valence-corrected chi connectivity index (χ3v) is 2.63. The van der Waals surface area contributed by atoms with Gasteiger partial charge in [0.25, 0.3) is 5.65 Å². The van der Waals surface area contributed by atoms with Gasteiger partial charge in [-0.3, -0.25) is 4.79 Å². The van der Waals surface area contributed by atoms with E-state index in [0.717, 1.165) is 6.42 Å². The first-order chi connectivity index (χ1) is 8.20. The number of nitrogens with zero attached hydrogens (tertiary/aromatic N) is 2. The number of aryl methyl sites for hydroxylation is 1. The van der Waals surface area contributed by atoms with Gasteiger partial charge in [0.15, 0.2) is 11.8 Å². The molecule has 0 saturated carbocycles. The van der Waals surface area contributed by atoms with E-state index in [1.54, 1.807) is 29.0 Å². The van der Waals surface area contributed by atoms with E-state index in [1.807, 2.05) is 6.92 Å². The predicted octanol–water partition coefficient (Wildman–Crippen LogP) is 0.515. The average molecular weight is 233 g/mol. The van der Waals surface area contributed by atoms with E-state index < -0.39 is 5.56 Å². The van der Waals surface area contributed by atoms with Crippen molar-refractivity contribution in [3.8, 4) is 5.88 Å². The number of fused-ring (bicyclic) bond motifs is 1. The first-order valence-corrected chi connectivity index (χ1v) is 5.42. The molecule has 0 fully saturated rings. The monoisotopic (exact) mass is 233 g/mol. The van der Waals surface area contributed by atoms with Gasteiger partial charge >= 0.3 is 11.4 Å². The van der Waals surface area contributed by atoms with Gasteiger partial charge in [-0.1, -0.05) is 13.0 Å². The van der Waals surface area contributed by atoms with Crippen LogP contribution in [0.25, 0.3) is 5.65 Å². The summed E-state index contributed by atoms with van der Waals surface area (Å²) >= 11 is 0. The molecule has 0 bridgehead atoms. The summed E-state index contributed by atoms with van der Waals surface area (Å²) in [6.45, 7) is 2.50. The highest BCUT2D eigenvalue weighted by Crippen LogP contribution is 2.07. The van der Waals surface area contributed by atoms with E-state index in [4.69, 9.17) is 0 Å². The maximum absolute atomic E-state index is 11.9. The molecular formula is C12H13N2O3+. The van der Waals surface area contributed by atoms with Crippen molar-refractivity contribution in [3.63, 3.8) is 0 Å². The van der Waals surface area contributed by atoms with E-state index in [1.165, 1.54) is 4.40 Å². The number of hydrogen-bond acceptors (Lipinski definition) is 3. The van der Waals surface area contributed by atoms with Gasteiger partial charge in [0.05, 0.1) is 12.7 Å². The second-order valence-corrected chi connectivity index (χ2v) is 3.74. The lowest BCUT2D eigenvalue weighted by molar-refractivity contribution is -0.681. The van der Waals surface area contributed by atoms with E-state index in [-0.39, 0.29) is 11.4 Å². The number of carbonyl (C=O) groups excluding carboxylic acids is 1. The summed E-state index contributed by atoms with van der Waals surface area (Å²) in [6.07, 6.45) is 2.76. The lowest BCUT2D eigenvalue weighted by Gasteiger charge is -2.05. The number of carbonyl (C=O) groups is 1. The van der Waals surface area contributed by atoms with Crippen molar-refractivity contribution in [1.82, 2.24) is 4.40 Å². The molecule has 5 heteroatoms. The standard InChI is InChI=1S/C12H12N2O3/c1-2-6-13-10-5-3-4-7-14(10)12(17)9(8-15)11(13)16/h3-5,7-8H,2,6H2,1H3/p+1. The Bertz CT molecular complexity index is 631. The van der Waals surface area contributed by atoms with E-state index in [0.29, 0.717) is 18.5 Å². The maximum Gasteiger partial charge on any atom is 0.357 e. The van der Waals surface area contributed by atoms with Gasteiger partial charge < -0.3 is 5.11 Å². The van der Waals surface area contributed by atoms with Gasteiger partial charge in [-0.2, -0.15) is 8.97 Å². The summed E-state index contributed by atoms with van der Waals surface area (Å²) in [5.74, 6) is -0.266. The molecule has 0 aromatic carbocycles. The predicted molar refractivity (Wildman–Crippen MR) is 61.2 cm³/mol. The SMILES string of the molecule is CCC[n+]1c(O)c(C=O)c(=O)n2ccccc21. The summed E-state index contributed by atoms with van der Waals surface area (Å²) in [7, 11) is 0. The topological polar surface area (TPSA) is 62.7 Å². The summed E-state index contributed by atoms with van der Waals surface area (Å²) in [5, 5.41) is 9.92. The molecule has 0 amide bonds. The minimum absolute atomic E-state index is 0.206. The van der Waals surface area contributed by atoms with Crippen LogP contribution in [0.4, 0.5) is 0 Å². The van der Waals surface area contributed by atoms with Crippen LogP contribution in [0.15, 0.2) is 29.2 Å². The third kappa shape index (κ3) is 1.69. The van der Waals surface area contributed by atoms with Crippen LogP contribution in [0.1, 0.15) is 23.7 Å². The number of aromatic hydroxyl groups is 1. The van der Waals surface area contributed by atoms with Crippen LogP contribution < -0.4 is 10.1 Å². The Morgan fingerprint density at radius 3 is 2.88 bits per heavy atom. The molecule has 0 aliphatic carbocycles. The normalized spacial score (nSPS) is 10.6. The zero-order valence-corrected chi connectivity index (χ0v) is 9.46. The minimum Gasteiger partial charge on any atom is -0.477 e. The highest BCUT2D eigenvalue weighted by atomic mass is 16.3. The van der Waals surface area contributed by atoms with Crippen molar-refractivity contribution in [2.45, 2.75) is 19.9 Å². The number of rotatable bonds is 3. The Balaban J connectivity index is 2.95. The second kappa shape index (κ2) is 4.37. The smallest absolute Gasteiger partial charge is 0.357 e. The number of hydrogen-bond donors (Lipinski definition) is 1. The van der Waals surface area contributed by atoms with E-state index >= 15 is 0 Å². The molecular weight excluding hydrogens is 220 g/mol. The van der Waals surface area contributed by atoms with Crippen LogP contribution in [-0.4, -0.2) is 15.8 Å². The molecule has 2 rings (SSSR count). The number of aromatic nitrogens is 2. The van der Waals surface area contributed by atoms with Crippen LogP contribution >= 0.6 is 0 Å². The molecule has 0 radical (unpaired) electrons. The van der Waals surface area contributed by atoms with Crippen LogP contribution in [-0.2, 0) is 6.54 Å². The number of aldehydes is 1. The molecule has 0 spiro atoms. The zero-order valence-electron chi connectivity index (χ0n) is 9.46. The van der Waals surface area contributed by atoms with Crippen molar-refractivity contribution in [3.05, 3.63) is 40.3 Å². The summed E-state index contributed by atoms with van der Waals surface area (Å²) in [4.78, 5) is 22.8. The molecule has 0 unspecified atom stereocenters. The third-order valence-electron chi connectivity index (χ3n) is 2.63. The molecule has 17 heavy (non-hydrogen) atoms. The Morgan fingerprint density at radius 1 is 1.47 bits per heavy atom. The molecule has 88 valence electrons. The minimum atomic E-state index is -0.500. The lowest BCUT2D eigenvalue weighted by Crippen LogP contribution is -2.41. The van der Waals surface area contributed by atoms with Crippen molar-refractivity contribution in [2.24, 2.45) is 0 Å². The van der Waals surface area contributed by atoms with Crippen molar-refractivity contribution in [1.29, 1.82) is 0 Å². The van der Waals surface area contributed by atoms with Gasteiger partial charge in [0.1, 0.15) is 0 Å². The highest BCUT2D eigenvalue weighted by Gasteiger charge is 2.22. The lowest BCUT2D eigenvalue weighted by atomic mass is 10.3. The van der Waals surface area contributed by atoms with E-state index in [9.17, 15) is 14.7 Å². The molecule has 0 aliphatic heterocycles. The molecule has 0 saturated heterocycles. The fourth-order valence-electron chi connectivity index (χ4n) is 1.85. The highest BCUT2D eigenvalue weighted by molar-refractivity contribution is 5.76. The second-order valence-electron chi connectivity index (χ2n) is 3.74. The fourth-order valence-corrected chi connectivity index (χ4v) is 1.85. The first-order valence-electron chi connectivity index (χ1n) is 5.42. The average Bonchev–Trinajstić information content (AvgIpc) is 2.35. The molecule has 0 atom stereocenters. The van der Waals surface area contributed by atoms with Gasteiger partial charge in [-0.05, 0) is 12.5 Å². The van der Waals surface area contributed by atoms with Gasteiger partial charge in [0.2, 0.25) is 0 Å². The van der Waals surface area contributed by atoms with Crippen LogP contribution in [0.3, 0.4) is 0 Å². The largest absolute Gasteiger partial charge is 0.477 e. The molecule has 5 nitrogen and oxygen atoms in total. The van der Waals surface area contributed by atoms with Crippen LogP contribution in [0.5, 0.6) is 5.88 Å². The van der Waals surface area contributed by atoms with Gasteiger partial charge in [0, 0.05) is 6.07 Å². The Morgan fingerprint density at radius 2 is 2.24 bits per heavy atom. The summed E-state index contributed by atoms with van der Waals surface area (Å²) in [6, 6.07) is 5.21. The maximum atomic E-state index is 11.9. The van der Waals surface area contributed by atoms with Crippen LogP contribution in [0.2, 0.25) is 0 Å². The van der Waals surface area contributed by atoms with Crippen LogP contribution in [0, 0.1) is 0 Å². The zero-order chi connectivity index (χ0) is 12.4. The van der Waals surface area contributed by atoms with E-state index in [2.05, 4.69) is 0 Å². The van der Waals surface area contributed by atoms with Crippen molar-refractivity contribution in [2.75, 3.05) is 0 Å². The molecule has 2 aromatic rings. The molecule has 2 aromatic heterocycles. The van der Waals surface area contributed by atoms with Gasteiger partial charge in [-0.25, -0.2) is 4.79 Å². The summed E-state index contributed by atoms with van der Waals surface area (Å²) < 4.78 is 2.92. The van der Waals surface area contributed by atoms with Crippen molar-refractivity contribution >= 4 is 11.9 Å². The summed E-state index contributed by atoms with van der Waals surface area (Å²) in [5.41, 5.74) is -0.134. The fraction of sp³-hybridized carbons (Fsp3) is 0.250. The number of pyridine rings is 1. The molecule has 2 heterocycles. The molecule has 1 N–H and O–H groups in total.